The number of hydrogen-bond acceptors (Lipinski definition) is 25. The predicted molar refractivity (Wildman–Crippen MR) is 519 cm³/mol. The number of nitrogens with one attached hydrogen (secondary N) is 21. The van der Waals surface area contributed by atoms with Crippen LogP contribution < -0.4 is 142 Å². The van der Waals surface area contributed by atoms with Crippen molar-refractivity contribution >= 4 is 141 Å². The van der Waals surface area contributed by atoms with E-state index >= 15 is 33.6 Å². The number of hydrogen-bond donors (Lipinski definition) is 31. The van der Waals surface area contributed by atoms with Gasteiger partial charge in [0.1, 0.15) is 84.6 Å². The van der Waals surface area contributed by atoms with Crippen molar-refractivity contribution in [3.05, 3.63) is 71.9 Å². The van der Waals surface area contributed by atoms with Crippen LogP contribution in [0.4, 0.5) is 0 Å². The average Bonchev–Trinajstić information content (AvgIpc) is 1.71. The van der Waals surface area contributed by atoms with Crippen LogP contribution in [0.5, 0.6) is 0 Å². The minimum atomic E-state index is -2.08. The molecule has 51 heteroatoms. The topological polar surface area (TPSA) is 874 Å². The van der Waals surface area contributed by atoms with E-state index in [4.69, 9.17) is 67.8 Å². The number of aromatic amines is 1. The Hall–Kier alpha value is -14.4. The van der Waals surface area contributed by atoms with Gasteiger partial charge in [0.25, 0.3) is 0 Å². The first-order chi connectivity index (χ1) is 66.8. The Balaban J connectivity index is 1.70. The van der Waals surface area contributed by atoms with Crippen molar-refractivity contribution in [3.8, 4) is 0 Å². The van der Waals surface area contributed by atoms with Gasteiger partial charge in [0, 0.05) is 62.5 Å². The summed E-state index contributed by atoms with van der Waals surface area (Å²) in [6.07, 6.45) is -0.897. The number of aromatic nitrogens is 1. The van der Waals surface area contributed by atoms with E-state index in [1.165, 1.54) is 11.1 Å². The minimum absolute atomic E-state index is 0.00153. The number of fused-ring (bicyclic) bond motifs is 1. The zero-order valence-electron chi connectivity index (χ0n) is 80.9. The van der Waals surface area contributed by atoms with Gasteiger partial charge in [0.15, 0.2) is 17.9 Å². The van der Waals surface area contributed by atoms with Crippen LogP contribution in [-0.2, 0) is 104 Å². The molecule has 1 saturated heterocycles. The van der Waals surface area contributed by atoms with E-state index in [1.807, 2.05) is 0 Å². The number of guanidine groups is 3. The highest BCUT2D eigenvalue weighted by Gasteiger charge is 2.43. The number of nitrogens with zero attached hydrogens (tertiary/aromatic N) is 1. The number of aliphatic carboxylic acids is 1. The molecule has 1 aromatic heterocycles. The number of benzene rings is 2. The van der Waals surface area contributed by atoms with Crippen molar-refractivity contribution in [1.29, 1.82) is 16.2 Å². The molecular weight excluding hydrogens is 1840 g/mol. The average molecular weight is 1980 g/mol. The van der Waals surface area contributed by atoms with Crippen molar-refractivity contribution in [2.45, 2.75) is 274 Å². The molecule has 0 spiro atoms. The number of rotatable bonds is 67. The number of carboxylic acids is 1. The SMILES string of the molecule is CC[C@H](C)[C@@H](NC(=O)[C@H](CCCNC(=N)N)NC(=O)[C@@H](CCCNC(=N)N)NC(=O)[C@H](CC(C)C)NC(=O)[C@H](Cc1ccccc1)NC(=O)CNC(=O)CN)C(=O)N[C@@H](CCCNC(=N)N)C(=O)N1CCC[C@H]1C(=O)N[C@@H](CCCCN)C(=O)N[C@@H](CC(C)C)C(=O)N[C@H](CCCCN)C(=O)N[C@@H](Cc1c[nH]c2ccccc12)C(=O)N[C@H](CC(=O)O)C(=O)N[C@H](CC(N)=O)C(=O)N[C@H](CCC(N)=O)C(N)=O. The van der Waals surface area contributed by atoms with E-state index < -0.39 is 259 Å². The second-order valence-electron chi connectivity index (χ2n) is 35.5. The van der Waals surface area contributed by atoms with Crippen LogP contribution in [0, 0.1) is 34.0 Å². The van der Waals surface area contributed by atoms with Crippen LogP contribution in [0.3, 0.4) is 0 Å². The Morgan fingerprint density at radius 3 is 1.30 bits per heavy atom. The van der Waals surface area contributed by atoms with E-state index in [2.05, 4.69) is 95.4 Å². The van der Waals surface area contributed by atoms with Gasteiger partial charge < -0.3 is 157 Å². The second-order valence-corrected chi connectivity index (χ2v) is 35.5. The summed E-state index contributed by atoms with van der Waals surface area (Å²) in [4.78, 5) is 270. The standard InChI is InChI=1S/C90H147N31O20/c1-7-50(6)73(120-78(132)59(28-18-36-104-89(99)100)110-75(129)58(27-17-35-103-88(97)98)112-80(134)62(40-49(4)5)116-81(135)63(41-51-21-9-8-10-22-51)108-71(125)47-107-70(124)45-93)86(140)114-60(29-19-37-105-90(101)102)87(141)121-38-20-30-67(121)85(139)113-57(26-14-16-34-92)77(131)115-61(39-48(2)3)79(133)111-56(25-13-15-33-91)76(130)117-64(42-52-46-106-54-24-12-11-23-53(52)54)82(136)119-66(44-72(126)127)84(138)118-65(43-69(95)123)83(137)109-55(74(96)128)31-32-68(94)122/h8-12,21-24,46,48-50,55-67,73,106H,7,13-20,25-45,47,91-93H2,1-6H3,(H2,94,122)(H2,95,123)(H2,96,128)(H,107,124)(H,108,125)(H,109,137)(H,110,129)(H,111,133)(H,112,134)(H,113,139)(H,114,140)(H,115,131)(H,116,135)(H,117,130)(H,118,138)(H,119,136)(H,120,132)(H,126,127)(H4,97,98,103)(H4,99,100,104)(H4,101,102,105)/t50-,55+,56+,57-,58+,59-,60-,61-,62-,63-,64-,65+,66+,67-,73+/m0/s1. The fourth-order valence-corrected chi connectivity index (χ4v) is 15.4. The van der Waals surface area contributed by atoms with Crippen LogP contribution >= 0.6 is 0 Å². The number of carbonyl (C=O) groups is 19. The lowest BCUT2D eigenvalue weighted by atomic mass is 9.96. The third-order valence-corrected chi connectivity index (χ3v) is 23.0. The number of primary amides is 3. The number of carboxylic acid groups (broad SMARTS) is 1. The summed E-state index contributed by atoms with van der Waals surface area (Å²) in [5, 5.41) is 78.3. The van der Waals surface area contributed by atoms with Gasteiger partial charge in [-0.1, -0.05) is 96.5 Å². The molecule has 51 nitrogen and oxygen atoms in total. The van der Waals surface area contributed by atoms with Crippen LogP contribution in [0.15, 0.2) is 60.8 Å². The van der Waals surface area contributed by atoms with Crippen LogP contribution in [0.1, 0.15) is 188 Å². The fraction of sp³-hybridized carbons (Fsp3) is 0.600. The number of nitrogens with two attached hydrogens (primary N) is 9. The third kappa shape index (κ3) is 44.1. The highest BCUT2D eigenvalue weighted by Crippen LogP contribution is 2.24. The molecule has 18 amide bonds. The number of H-pyrrole nitrogens is 1. The van der Waals surface area contributed by atoms with Crippen LogP contribution in [0.2, 0.25) is 0 Å². The maximum absolute atomic E-state index is 15.4. The van der Waals surface area contributed by atoms with Crippen molar-refractivity contribution in [3.63, 3.8) is 0 Å². The molecule has 0 saturated carbocycles. The molecule has 15 atom stereocenters. The van der Waals surface area contributed by atoms with Gasteiger partial charge in [-0.25, -0.2) is 0 Å². The van der Waals surface area contributed by atoms with E-state index in [0.29, 0.717) is 34.9 Å². The molecule has 0 unspecified atom stereocenters. The predicted octanol–water partition coefficient (Wildman–Crippen LogP) is -7.39. The van der Waals surface area contributed by atoms with Gasteiger partial charge in [0.2, 0.25) is 106 Å². The Labute approximate surface area is 817 Å². The molecule has 40 N–H and O–H groups in total. The van der Waals surface area contributed by atoms with Crippen molar-refractivity contribution < 1.29 is 96.2 Å². The highest BCUT2D eigenvalue weighted by molar-refractivity contribution is 6.02. The number of unbranched alkanes of at least 4 members (excludes halogenated alkanes) is 2. The van der Waals surface area contributed by atoms with Crippen molar-refractivity contribution in [1.82, 2.24) is 100 Å². The first-order valence-corrected chi connectivity index (χ1v) is 47.3. The first-order valence-electron chi connectivity index (χ1n) is 47.3. The molecule has 2 aromatic carbocycles. The Bertz CT molecular complexity index is 4750. The fourth-order valence-electron chi connectivity index (χ4n) is 15.4. The van der Waals surface area contributed by atoms with Gasteiger partial charge in [-0.3, -0.25) is 107 Å². The van der Waals surface area contributed by atoms with Gasteiger partial charge in [-0.2, -0.15) is 0 Å². The summed E-state index contributed by atoms with van der Waals surface area (Å²) in [5.74, 6) is -21.4. The molecule has 1 aliphatic heterocycles. The largest absolute Gasteiger partial charge is 0.481 e. The Kier molecular flexibility index (Phi) is 52.7. The van der Waals surface area contributed by atoms with E-state index in [-0.39, 0.29) is 160 Å². The quantitative estimate of drug-likeness (QED) is 0.0142. The molecule has 0 radical (unpaired) electrons. The third-order valence-electron chi connectivity index (χ3n) is 23.0. The number of amides is 18. The summed E-state index contributed by atoms with van der Waals surface area (Å²) in [6, 6.07) is -6.23. The molecular formula is C90H147N31O20. The summed E-state index contributed by atoms with van der Waals surface area (Å²) in [6.45, 7) is 9.68. The highest BCUT2D eigenvalue weighted by atomic mass is 16.4. The van der Waals surface area contributed by atoms with Gasteiger partial charge in [0.05, 0.1) is 25.9 Å². The maximum Gasteiger partial charge on any atom is 0.305 e. The zero-order chi connectivity index (χ0) is 105. The van der Waals surface area contributed by atoms with E-state index in [0.717, 1.165) is 0 Å². The van der Waals surface area contributed by atoms with Gasteiger partial charge in [-0.15, -0.1) is 0 Å². The molecule has 141 heavy (non-hydrogen) atoms. The lowest BCUT2D eigenvalue weighted by molar-refractivity contribution is -0.143. The number of likely N-dealkylation sites (tertiary alicyclic amines) is 1. The second kappa shape index (κ2) is 62.5. The number of para-hydroxylation sites is 1. The summed E-state index contributed by atoms with van der Waals surface area (Å²) in [7, 11) is 0. The monoisotopic (exact) mass is 1980 g/mol. The summed E-state index contributed by atoms with van der Waals surface area (Å²) >= 11 is 0. The Morgan fingerprint density at radius 2 is 0.837 bits per heavy atom. The smallest absolute Gasteiger partial charge is 0.305 e. The van der Waals surface area contributed by atoms with Gasteiger partial charge in [-0.05, 0) is 157 Å². The molecule has 4 rings (SSSR count). The summed E-state index contributed by atoms with van der Waals surface area (Å²) in [5.41, 5.74) is 51.8. The normalized spacial score (nSPS) is 15.2. The van der Waals surface area contributed by atoms with Crippen LogP contribution in [-0.4, -0.2) is 282 Å². The lowest BCUT2D eigenvalue weighted by Gasteiger charge is -2.32. The molecule has 3 aromatic rings. The number of carbonyl (C=O) groups excluding carboxylic acids is 18. The van der Waals surface area contributed by atoms with E-state index in [1.54, 1.807) is 96.1 Å². The van der Waals surface area contributed by atoms with Gasteiger partial charge >= 0.3 is 5.97 Å². The molecule has 0 bridgehead atoms. The molecule has 782 valence electrons. The Morgan fingerprint density at radius 1 is 0.426 bits per heavy atom. The lowest BCUT2D eigenvalue weighted by Crippen LogP contribution is -2.61. The van der Waals surface area contributed by atoms with Crippen molar-refractivity contribution in [2.75, 3.05) is 52.4 Å². The minimum Gasteiger partial charge on any atom is -0.481 e. The van der Waals surface area contributed by atoms with Crippen molar-refractivity contribution in [2.24, 2.45) is 69.4 Å². The molecule has 2 heterocycles. The summed E-state index contributed by atoms with van der Waals surface area (Å²) < 4.78 is 0. The van der Waals surface area contributed by atoms with Crippen LogP contribution in [0.25, 0.3) is 10.9 Å². The molecule has 1 fully saturated rings. The zero-order valence-corrected chi connectivity index (χ0v) is 80.9. The molecule has 1 aliphatic rings. The van der Waals surface area contributed by atoms with E-state index in [9.17, 15) is 62.6 Å². The maximum atomic E-state index is 15.4. The first kappa shape index (κ1) is 119. The molecule has 0 aliphatic carbocycles.